The van der Waals surface area contributed by atoms with E-state index in [4.69, 9.17) is 14.9 Å². The molecule has 0 fully saturated rings. The standard InChI is InChI=1S/C29H63N3O6.ClH/c1-2-3-4-5-6-7-8-9-10-11-26-38-28-29(37)27-32(21-25-36)17-13-15-30(18-22-33)14-12-16-31(19-23-34)20-24-35;/h29,33-37H,2-28H2,1H3;1H. The van der Waals surface area contributed by atoms with Gasteiger partial charge in [0.25, 0.3) is 0 Å². The molecular formula is C29H64ClN3O6. The van der Waals surface area contributed by atoms with Crippen LogP contribution in [0.25, 0.3) is 0 Å². The predicted octanol–water partition coefficient (Wildman–Crippen LogP) is 2.36. The molecule has 39 heavy (non-hydrogen) atoms. The summed E-state index contributed by atoms with van der Waals surface area (Å²) in [7, 11) is 0. The van der Waals surface area contributed by atoms with Gasteiger partial charge in [-0.15, -0.1) is 12.4 Å². The largest absolute Gasteiger partial charge is 0.395 e. The van der Waals surface area contributed by atoms with E-state index in [2.05, 4.69) is 16.7 Å². The third-order valence-corrected chi connectivity index (χ3v) is 6.98. The summed E-state index contributed by atoms with van der Waals surface area (Å²) in [6, 6.07) is 0. The van der Waals surface area contributed by atoms with Gasteiger partial charge in [0, 0.05) is 39.3 Å². The molecule has 1 unspecified atom stereocenters. The monoisotopic (exact) mass is 585 g/mol. The van der Waals surface area contributed by atoms with Gasteiger partial charge in [0.05, 0.1) is 39.1 Å². The molecule has 0 saturated heterocycles. The number of hydrogen-bond donors (Lipinski definition) is 5. The van der Waals surface area contributed by atoms with Crippen molar-refractivity contribution < 1.29 is 30.3 Å². The summed E-state index contributed by atoms with van der Waals surface area (Å²) >= 11 is 0. The summed E-state index contributed by atoms with van der Waals surface area (Å²) in [6.45, 7) is 9.54. The summed E-state index contributed by atoms with van der Waals surface area (Å²) < 4.78 is 5.71. The van der Waals surface area contributed by atoms with Gasteiger partial charge in [-0.2, -0.15) is 0 Å². The van der Waals surface area contributed by atoms with Gasteiger partial charge < -0.3 is 35.2 Å². The van der Waals surface area contributed by atoms with Gasteiger partial charge in [-0.05, 0) is 45.4 Å². The van der Waals surface area contributed by atoms with Crippen molar-refractivity contribution in [1.29, 1.82) is 0 Å². The van der Waals surface area contributed by atoms with Crippen LogP contribution in [0, 0.1) is 0 Å². The Balaban J connectivity index is 0. The normalized spacial score (nSPS) is 12.5. The zero-order chi connectivity index (χ0) is 28.1. The van der Waals surface area contributed by atoms with Crippen molar-refractivity contribution >= 4 is 12.4 Å². The third kappa shape index (κ3) is 27.9. The minimum absolute atomic E-state index is 0. The molecule has 0 amide bonds. The Morgan fingerprint density at radius 1 is 0.513 bits per heavy atom. The van der Waals surface area contributed by atoms with E-state index in [1.54, 1.807) is 0 Å². The van der Waals surface area contributed by atoms with E-state index in [1.165, 1.54) is 57.8 Å². The topological polar surface area (TPSA) is 120 Å². The smallest absolute Gasteiger partial charge is 0.0900 e. The molecule has 0 aliphatic carbocycles. The predicted molar refractivity (Wildman–Crippen MR) is 163 cm³/mol. The first-order valence-electron chi connectivity index (χ1n) is 15.5. The van der Waals surface area contributed by atoms with Crippen molar-refractivity contribution in [3.63, 3.8) is 0 Å². The van der Waals surface area contributed by atoms with Crippen molar-refractivity contribution in [3.8, 4) is 0 Å². The minimum atomic E-state index is -0.567. The summed E-state index contributed by atoms with van der Waals surface area (Å²) in [4.78, 5) is 6.34. The molecule has 0 heterocycles. The maximum absolute atomic E-state index is 10.4. The number of aliphatic hydroxyl groups excluding tert-OH is 5. The van der Waals surface area contributed by atoms with Gasteiger partial charge in [-0.1, -0.05) is 64.7 Å². The quantitative estimate of drug-likeness (QED) is 0.0781. The molecule has 9 nitrogen and oxygen atoms in total. The summed E-state index contributed by atoms with van der Waals surface area (Å²) in [5.74, 6) is 0. The van der Waals surface area contributed by atoms with Gasteiger partial charge in [-0.25, -0.2) is 0 Å². The van der Waals surface area contributed by atoms with E-state index in [0.29, 0.717) is 45.9 Å². The molecule has 10 heteroatoms. The zero-order valence-electron chi connectivity index (χ0n) is 25.1. The average Bonchev–Trinajstić information content (AvgIpc) is 2.89. The Morgan fingerprint density at radius 3 is 1.36 bits per heavy atom. The Bertz CT molecular complexity index is 465. The number of unbranched alkanes of at least 4 members (excludes halogenated alkanes) is 9. The number of aliphatic hydroxyl groups is 5. The Morgan fingerprint density at radius 2 is 0.897 bits per heavy atom. The van der Waals surface area contributed by atoms with Crippen LogP contribution in [0.2, 0.25) is 0 Å². The van der Waals surface area contributed by atoms with Gasteiger partial charge in [-0.3, -0.25) is 9.80 Å². The molecule has 0 rings (SSSR count). The highest BCUT2D eigenvalue weighted by Crippen LogP contribution is 2.10. The molecule has 0 aliphatic heterocycles. The van der Waals surface area contributed by atoms with Crippen LogP contribution >= 0.6 is 12.4 Å². The number of nitrogens with zero attached hydrogens (tertiary/aromatic N) is 3. The van der Waals surface area contributed by atoms with E-state index in [9.17, 15) is 15.3 Å². The molecule has 238 valence electrons. The third-order valence-electron chi connectivity index (χ3n) is 6.98. The van der Waals surface area contributed by atoms with Gasteiger partial charge >= 0.3 is 0 Å². The molecule has 0 aromatic carbocycles. The molecule has 0 spiro atoms. The maximum atomic E-state index is 10.4. The fourth-order valence-electron chi connectivity index (χ4n) is 4.83. The first-order chi connectivity index (χ1) is 18.6. The number of ether oxygens (including phenoxy) is 1. The van der Waals surface area contributed by atoms with Gasteiger partial charge in [0.2, 0.25) is 0 Å². The number of rotatable bonds is 31. The molecule has 5 N–H and O–H groups in total. The van der Waals surface area contributed by atoms with Crippen LogP contribution in [0.4, 0.5) is 0 Å². The Kier molecular flexibility index (Phi) is 34.2. The van der Waals surface area contributed by atoms with E-state index in [-0.39, 0.29) is 38.8 Å². The van der Waals surface area contributed by atoms with Crippen LogP contribution in [0.1, 0.15) is 84.0 Å². The lowest BCUT2D eigenvalue weighted by Crippen LogP contribution is -2.39. The zero-order valence-corrected chi connectivity index (χ0v) is 25.9. The lowest BCUT2D eigenvalue weighted by molar-refractivity contribution is 0.0123. The first kappa shape index (κ1) is 41.1. The van der Waals surface area contributed by atoms with Crippen molar-refractivity contribution in [2.75, 3.05) is 98.5 Å². The van der Waals surface area contributed by atoms with E-state index in [0.717, 1.165) is 45.4 Å². The summed E-state index contributed by atoms with van der Waals surface area (Å²) in [5.41, 5.74) is 0. The lowest BCUT2D eigenvalue weighted by Gasteiger charge is -2.27. The highest BCUT2D eigenvalue weighted by atomic mass is 35.5. The van der Waals surface area contributed by atoms with Crippen LogP contribution in [0.3, 0.4) is 0 Å². The minimum Gasteiger partial charge on any atom is -0.395 e. The summed E-state index contributed by atoms with van der Waals surface area (Å²) in [6.07, 6.45) is 14.1. The average molecular weight is 586 g/mol. The SMILES string of the molecule is CCCCCCCCCCCCOCC(O)CN(CCO)CCCN(CCO)CCCN(CCO)CCO.Cl. The highest BCUT2D eigenvalue weighted by Gasteiger charge is 2.13. The molecular weight excluding hydrogens is 522 g/mol. The fourth-order valence-corrected chi connectivity index (χ4v) is 4.83. The molecule has 0 aliphatic rings. The lowest BCUT2D eigenvalue weighted by atomic mass is 10.1. The first-order valence-corrected chi connectivity index (χ1v) is 15.5. The second-order valence-electron chi connectivity index (χ2n) is 10.5. The van der Waals surface area contributed by atoms with E-state index < -0.39 is 6.10 Å². The molecule has 0 aromatic rings. The maximum Gasteiger partial charge on any atom is 0.0900 e. The highest BCUT2D eigenvalue weighted by molar-refractivity contribution is 5.85. The van der Waals surface area contributed by atoms with Crippen LogP contribution in [0.5, 0.6) is 0 Å². The van der Waals surface area contributed by atoms with Crippen molar-refractivity contribution in [1.82, 2.24) is 14.7 Å². The van der Waals surface area contributed by atoms with Crippen molar-refractivity contribution in [2.45, 2.75) is 90.1 Å². The van der Waals surface area contributed by atoms with Crippen molar-refractivity contribution in [2.24, 2.45) is 0 Å². The van der Waals surface area contributed by atoms with Crippen LogP contribution < -0.4 is 0 Å². The van der Waals surface area contributed by atoms with Crippen LogP contribution in [-0.4, -0.2) is 145 Å². The molecule has 0 saturated carbocycles. The van der Waals surface area contributed by atoms with Gasteiger partial charge in [0.15, 0.2) is 0 Å². The Labute approximate surface area is 245 Å². The van der Waals surface area contributed by atoms with Gasteiger partial charge in [0.1, 0.15) is 0 Å². The van der Waals surface area contributed by atoms with E-state index >= 15 is 0 Å². The van der Waals surface area contributed by atoms with Crippen molar-refractivity contribution in [3.05, 3.63) is 0 Å². The second kappa shape index (κ2) is 32.4. The number of halogens is 1. The number of hydrogen-bond acceptors (Lipinski definition) is 9. The van der Waals surface area contributed by atoms with Crippen LogP contribution in [0.15, 0.2) is 0 Å². The fraction of sp³-hybridized carbons (Fsp3) is 1.00. The molecule has 0 aromatic heterocycles. The van der Waals surface area contributed by atoms with E-state index in [1.807, 2.05) is 4.90 Å². The summed E-state index contributed by atoms with van der Waals surface area (Å²) in [5, 5.41) is 47.6. The second-order valence-corrected chi connectivity index (χ2v) is 10.5. The molecule has 1 atom stereocenters. The van der Waals surface area contributed by atoms with Crippen LogP contribution in [-0.2, 0) is 4.74 Å². The molecule has 0 bridgehead atoms. The Hall–Kier alpha value is -0.0700. The molecule has 0 radical (unpaired) electrons.